The summed E-state index contributed by atoms with van der Waals surface area (Å²) in [5.74, 6) is -0.207. The Kier molecular flexibility index (Phi) is 6.47. The van der Waals surface area contributed by atoms with Gasteiger partial charge in [-0.2, -0.15) is 0 Å². The van der Waals surface area contributed by atoms with Crippen molar-refractivity contribution in [3.63, 3.8) is 0 Å². The Morgan fingerprint density at radius 3 is 2.72 bits per heavy atom. The summed E-state index contributed by atoms with van der Waals surface area (Å²) >= 11 is 6.05. The van der Waals surface area contributed by atoms with E-state index in [0.717, 1.165) is 11.1 Å². The van der Waals surface area contributed by atoms with E-state index in [2.05, 4.69) is 11.9 Å². The van der Waals surface area contributed by atoms with Crippen LogP contribution in [0, 0.1) is 0 Å². The molecule has 0 bridgehead atoms. The highest BCUT2D eigenvalue weighted by Crippen LogP contribution is 2.19. The first-order valence-electron chi connectivity index (χ1n) is 5.80. The van der Waals surface area contributed by atoms with Gasteiger partial charge in [0.05, 0.1) is 13.2 Å². The number of rotatable bonds is 7. The first-order chi connectivity index (χ1) is 8.61. The Balaban J connectivity index is 2.26. The van der Waals surface area contributed by atoms with Crippen molar-refractivity contribution in [3.05, 3.63) is 48.0 Å². The standard InChI is InChI=1S/C14H18ClNO2/c1-11(2)10-18-9-8-16-14(17)13(15)12-6-4-3-5-7-12/h3-7,13H,1,8-10H2,2H3,(H,16,17). The minimum absolute atomic E-state index is 0.207. The van der Waals surface area contributed by atoms with Crippen LogP contribution in [0.15, 0.2) is 42.5 Å². The molecule has 1 rings (SSSR count). The van der Waals surface area contributed by atoms with Gasteiger partial charge in [0.15, 0.2) is 0 Å². The molecule has 0 spiro atoms. The number of hydrogen-bond acceptors (Lipinski definition) is 2. The minimum Gasteiger partial charge on any atom is -0.375 e. The van der Waals surface area contributed by atoms with E-state index in [1.165, 1.54) is 0 Å². The predicted molar refractivity (Wildman–Crippen MR) is 73.7 cm³/mol. The van der Waals surface area contributed by atoms with Crippen molar-refractivity contribution in [3.8, 4) is 0 Å². The van der Waals surface area contributed by atoms with Gasteiger partial charge in [-0.05, 0) is 12.5 Å². The molecule has 18 heavy (non-hydrogen) atoms. The highest BCUT2D eigenvalue weighted by molar-refractivity contribution is 6.30. The Labute approximate surface area is 113 Å². The topological polar surface area (TPSA) is 38.3 Å². The van der Waals surface area contributed by atoms with Crippen molar-refractivity contribution in [2.75, 3.05) is 19.8 Å². The van der Waals surface area contributed by atoms with Crippen molar-refractivity contribution in [2.45, 2.75) is 12.3 Å². The Morgan fingerprint density at radius 1 is 1.44 bits per heavy atom. The van der Waals surface area contributed by atoms with Crippen LogP contribution in [0.5, 0.6) is 0 Å². The molecule has 1 aromatic carbocycles. The maximum atomic E-state index is 11.7. The number of halogens is 1. The maximum absolute atomic E-state index is 11.7. The third-order valence-electron chi connectivity index (χ3n) is 2.22. The second-order valence-electron chi connectivity index (χ2n) is 4.07. The van der Waals surface area contributed by atoms with Crippen molar-refractivity contribution < 1.29 is 9.53 Å². The van der Waals surface area contributed by atoms with Gasteiger partial charge in [-0.15, -0.1) is 11.6 Å². The molecule has 0 saturated carbocycles. The first kappa shape index (κ1) is 14.7. The highest BCUT2D eigenvalue weighted by atomic mass is 35.5. The van der Waals surface area contributed by atoms with E-state index in [4.69, 9.17) is 16.3 Å². The van der Waals surface area contributed by atoms with Gasteiger partial charge in [0, 0.05) is 6.54 Å². The highest BCUT2D eigenvalue weighted by Gasteiger charge is 2.16. The molecular weight excluding hydrogens is 250 g/mol. The largest absolute Gasteiger partial charge is 0.375 e. The molecule has 0 heterocycles. The fourth-order valence-electron chi connectivity index (χ4n) is 1.36. The zero-order valence-electron chi connectivity index (χ0n) is 10.5. The molecule has 4 heteroatoms. The van der Waals surface area contributed by atoms with Gasteiger partial charge >= 0.3 is 0 Å². The number of benzene rings is 1. The van der Waals surface area contributed by atoms with Crippen molar-refractivity contribution in [1.29, 1.82) is 0 Å². The van der Waals surface area contributed by atoms with E-state index in [9.17, 15) is 4.79 Å². The molecule has 0 aliphatic carbocycles. The minimum atomic E-state index is -0.660. The summed E-state index contributed by atoms with van der Waals surface area (Å²) in [6.45, 7) is 7.03. The summed E-state index contributed by atoms with van der Waals surface area (Å²) in [6, 6.07) is 9.25. The molecule has 0 radical (unpaired) electrons. The Morgan fingerprint density at radius 2 is 2.11 bits per heavy atom. The monoisotopic (exact) mass is 267 g/mol. The molecule has 0 fully saturated rings. The van der Waals surface area contributed by atoms with Crippen LogP contribution in [-0.2, 0) is 9.53 Å². The SMILES string of the molecule is C=C(C)COCCNC(=O)C(Cl)c1ccccc1. The number of nitrogens with one attached hydrogen (secondary N) is 1. The Bertz CT molecular complexity index is 392. The number of carbonyl (C=O) groups excluding carboxylic acids is 1. The van der Waals surface area contributed by atoms with Crippen molar-refractivity contribution in [1.82, 2.24) is 5.32 Å². The summed E-state index contributed by atoms with van der Waals surface area (Å²) in [6.07, 6.45) is 0. The van der Waals surface area contributed by atoms with Crippen LogP contribution in [-0.4, -0.2) is 25.7 Å². The summed E-state index contributed by atoms with van der Waals surface area (Å²) in [5.41, 5.74) is 1.75. The molecule has 0 saturated heterocycles. The van der Waals surface area contributed by atoms with Gasteiger partial charge in [0.25, 0.3) is 0 Å². The molecular formula is C14H18ClNO2. The van der Waals surface area contributed by atoms with Crippen LogP contribution in [0.1, 0.15) is 17.9 Å². The number of hydrogen-bond donors (Lipinski definition) is 1. The van der Waals surface area contributed by atoms with Gasteiger partial charge in [0.2, 0.25) is 5.91 Å². The molecule has 1 atom stereocenters. The summed E-state index contributed by atoms with van der Waals surface area (Å²) < 4.78 is 5.27. The molecule has 0 aliphatic heterocycles. The van der Waals surface area contributed by atoms with Gasteiger partial charge in [0.1, 0.15) is 5.38 Å². The predicted octanol–water partition coefficient (Wildman–Crippen LogP) is 2.68. The van der Waals surface area contributed by atoms with Gasteiger partial charge in [-0.1, -0.05) is 42.5 Å². The van der Waals surface area contributed by atoms with E-state index in [1.807, 2.05) is 37.3 Å². The summed E-state index contributed by atoms with van der Waals surface area (Å²) in [5, 5.41) is 2.07. The molecule has 1 unspecified atom stereocenters. The van der Waals surface area contributed by atoms with Crippen LogP contribution >= 0.6 is 11.6 Å². The second kappa shape index (κ2) is 7.90. The molecule has 0 aliphatic rings. The average Bonchev–Trinajstić information content (AvgIpc) is 2.38. The average molecular weight is 268 g/mol. The lowest BCUT2D eigenvalue weighted by Crippen LogP contribution is -2.30. The van der Waals surface area contributed by atoms with Crippen LogP contribution in [0.2, 0.25) is 0 Å². The van der Waals surface area contributed by atoms with Crippen molar-refractivity contribution in [2.24, 2.45) is 0 Å². The van der Waals surface area contributed by atoms with Crippen LogP contribution in [0.3, 0.4) is 0 Å². The quantitative estimate of drug-likeness (QED) is 0.469. The molecule has 1 N–H and O–H groups in total. The smallest absolute Gasteiger partial charge is 0.242 e. The van der Waals surface area contributed by atoms with Crippen LogP contribution < -0.4 is 5.32 Å². The summed E-state index contributed by atoms with van der Waals surface area (Å²) in [7, 11) is 0. The molecule has 98 valence electrons. The van der Waals surface area contributed by atoms with Gasteiger partial charge in [-0.3, -0.25) is 4.79 Å². The van der Waals surface area contributed by atoms with E-state index >= 15 is 0 Å². The third kappa shape index (κ3) is 5.34. The normalized spacial score (nSPS) is 11.9. The fourth-order valence-corrected chi connectivity index (χ4v) is 1.58. The number of alkyl halides is 1. The number of amides is 1. The lowest BCUT2D eigenvalue weighted by Gasteiger charge is -2.11. The van der Waals surface area contributed by atoms with Gasteiger partial charge in [-0.25, -0.2) is 0 Å². The van der Waals surface area contributed by atoms with Gasteiger partial charge < -0.3 is 10.1 Å². The van der Waals surface area contributed by atoms with Crippen molar-refractivity contribution >= 4 is 17.5 Å². The van der Waals surface area contributed by atoms with Crippen LogP contribution in [0.4, 0.5) is 0 Å². The maximum Gasteiger partial charge on any atom is 0.242 e. The van der Waals surface area contributed by atoms with E-state index in [1.54, 1.807) is 0 Å². The molecule has 0 aromatic heterocycles. The zero-order valence-corrected chi connectivity index (χ0v) is 11.2. The zero-order chi connectivity index (χ0) is 13.4. The number of ether oxygens (including phenoxy) is 1. The summed E-state index contributed by atoms with van der Waals surface area (Å²) in [4.78, 5) is 11.7. The van der Waals surface area contributed by atoms with Crippen LogP contribution in [0.25, 0.3) is 0 Å². The fraction of sp³-hybridized carbons (Fsp3) is 0.357. The molecule has 3 nitrogen and oxygen atoms in total. The molecule has 1 aromatic rings. The van der Waals surface area contributed by atoms with E-state index in [0.29, 0.717) is 19.8 Å². The Hall–Kier alpha value is -1.32. The van der Waals surface area contributed by atoms with E-state index < -0.39 is 5.38 Å². The van der Waals surface area contributed by atoms with E-state index in [-0.39, 0.29) is 5.91 Å². The first-order valence-corrected chi connectivity index (χ1v) is 6.23. The lowest BCUT2D eigenvalue weighted by molar-refractivity contribution is -0.121. The molecule has 1 amide bonds. The number of carbonyl (C=O) groups is 1. The third-order valence-corrected chi connectivity index (χ3v) is 2.67. The second-order valence-corrected chi connectivity index (χ2v) is 4.51. The lowest BCUT2D eigenvalue weighted by atomic mass is 10.1.